The molecule has 0 radical (unpaired) electrons. The van der Waals surface area contributed by atoms with Crippen molar-refractivity contribution in [3.8, 4) is 0 Å². The summed E-state index contributed by atoms with van der Waals surface area (Å²) in [4.78, 5) is 1.96. The van der Waals surface area contributed by atoms with Gasteiger partial charge in [-0.2, -0.15) is 0 Å². The van der Waals surface area contributed by atoms with Gasteiger partial charge in [0.2, 0.25) is 0 Å². The second kappa shape index (κ2) is 9.45. The van der Waals surface area contributed by atoms with E-state index in [1.807, 2.05) is 11.9 Å². The Morgan fingerprint density at radius 3 is 2.29 bits per heavy atom. The Labute approximate surface area is 145 Å². The van der Waals surface area contributed by atoms with Gasteiger partial charge in [0, 0.05) is 6.54 Å². The fraction of sp³-hybridized carbons (Fsp3) is 1.00. The highest BCUT2D eigenvalue weighted by molar-refractivity contribution is 7.91. The Bertz CT molecular complexity index is 469. The summed E-state index contributed by atoms with van der Waals surface area (Å²) in [6, 6.07) is 0. The van der Waals surface area contributed by atoms with Crippen LogP contribution < -0.4 is 0 Å². The quantitative estimate of drug-likeness (QED) is 0.520. The second-order valence-corrected chi connectivity index (χ2v) is 9.45. The van der Waals surface area contributed by atoms with E-state index in [0.717, 1.165) is 13.0 Å². The van der Waals surface area contributed by atoms with Crippen LogP contribution in [-0.4, -0.2) is 84.9 Å². The molecule has 0 aromatic rings. The van der Waals surface area contributed by atoms with Gasteiger partial charge in [0.05, 0.1) is 29.6 Å². The number of hydrogen-bond donors (Lipinski definition) is 3. The van der Waals surface area contributed by atoms with Crippen molar-refractivity contribution in [2.75, 3.05) is 31.6 Å². The van der Waals surface area contributed by atoms with Gasteiger partial charge in [0.1, 0.15) is 6.10 Å². The Morgan fingerprint density at radius 1 is 1.12 bits per heavy atom. The Balaban J connectivity index is 2.56. The largest absolute Gasteiger partial charge is 0.390 e. The van der Waals surface area contributed by atoms with Gasteiger partial charge < -0.3 is 25.0 Å². The lowest BCUT2D eigenvalue weighted by atomic mass is 9.91. The molecule has 0 aromatic heterocycles. The van der Waals surface area contributed by atoms with Crippen LogP contribution in [0.5, 0.6) is 0 Å². The third-order valence-corrected chi connectivity index (χ3v) is 6.27. The minimum atomic E-state index is -3.48. The molecule has 0 aliphatic carbocycles. The van der Waals surface area contributed by atoms with Crippen molar-refractivity contribution in [3.05, 3.63) is 0 Å². The van der Waals surface area contributed by atoms with E-state index in [4.69, 9.17) is 4.74 Å². The maximum Gasteiger partial charge on any atom is 0.161 e. The molecule has 0 saturated carbocycles. The SMILES string of the molecule is CCC1OC(O)C(CS(=O)(=O)CCN(C)CCC(C)C)C(O)C1O. The molecule has 8 heteroatoms. The molecule has 0 aromatic carbocycles. The average Bonchev–Trinajstić information content (AvgIpc) is 2.51. The van der Waals surface area contributed by atoms with E-state index in [-0.39, 0.29) is 5.75 Å². The van der Waals surface area contributed by atoms with Gasteiger partial charge in [0.25, 0.3) is 0 Å². The molecule has 5 unspecified atom stereocenters. The van der Waals surface area contributed by atoms with Gasteiger partial charge in [-0.05, 0) is 32.4 Å². The summed E-state index contributed by atoms with van der Waals surface area (Å²) in [5, 5.41) is 30.1. The van der Waals surface area contributed by atoms with Gasteiger partial charge in [0.15, 0.2) is 16.1 Å². The first-order valence-corrected chi connectivity index (χ1v) is 10.5. The number of nitrogens with zero attached hydrogens (tertiary/aromatic N) is 1. The molecule has 1 fully saturated rings. The molecule has 1 aliphatic rings. The normalized spacial score (nSPS) is 31.8. The minimum Gasteiger partial charge on any atom is -0.390 e. The van der Waals surface area contributed by atoms with Crippen molar-refractivity contribution in [2.45, 2.75) is 58.2 Å². The predicted octanol–water partition coefficient (Wildman–Crippen LogP) is -0.156. The van der Waals surface area contributed by atoms with Crippen LogP contribution in [0.4, 0.5) is 0 Å². The number of hydrogen-bond acceptors (Lipinski definition) is 7. The van der Waals surface area contributed by atoms with Crippen LogP contribution in [0.3, 0.4) is 0 Å². The van der Waals surface area contributed by atoms with E-state index in [0.29, 0.717) is 18.9 Å². The second-order valence-electron chi connectivity index (χ2n) is 7.22. The van der Waals surface area contributed by atoms with Crippen molar-refractivity contribution in [2.24, 2.45) is 11.8 Å². The van der Waals surface area contributed by atoms with Crippen molar-refractivity contribution < 1.29 is 28.5 Å². The molecule has 1 aliphatic heterocycles. The summed E-state index contributed by atoms with van der Waals surface area (Å²) in [6.07, 6.45) is -3.15. The number of ether oxygens (including phenoxy) is 1. The van der Waals surface area contributed by atoms with Crippen LogP contribution in [0.25, 0.3) is 0 Å². The van der Waals surface area contributed by atoms with Crippen molar-refractivity contribution in [1.82, 2.24) is 4.90 Å². The molecule has 144 valence electrons. The van der Waals surface area contributed by atoms with E-state index in [2.05, 4.69) is 13.8 Å². The third-order valence-electron chi connectivity index (χ3n) is 4.57. The highest BCUT2D eigenvalue weighted by Crippen LogP contribution is 2.27. The van der Waals surface area contributed by atoms with Gasteiger partial charge in [-0.1, -0.05) is 20.8 Å². The molecule has 1 heterocycles. The summed E-state index contributed by atoms with van der Waals surface area (Å²) in [5.74, 6) is -0.929. The molecule has 5 atom stereocenters. The number of rotatable bonds is 9. The zero-order valence-electron chi connectivity index (χ0n) is 15.1. The smallest absolute Gasteiger partial charge is 0.161 e. The Hall–Kier alpha value is -0.250. The number of sulfone groups is 1. The molecule has 0 spiro atoms. The van der Waals surface area contributed by atoms with E-state index < -0.39 is 46.1 Å². The van der Waals surface area contributed by atoms with Gasteiger partial charge in [-0.25, -0.2) is 8.42 Å². The first-order valence-electron chi connectivity index (χ1n) is 8.66. The zero-order valence-corrected chi connectivity index (χ0v) is 15.9. The fourth-order valence-corrected chi connectivity index (χ4v) is 4.49. The molecule has 1 saturated heterocycles. The maximum atomic E-state index is 12.3. The zero-order chi connectivity index (χ0) is 18.5. The van der Waals surface area contributed by atoms with E-state index in [9.17, 15) is 23.7 Å². The molecule has 0 bridgehead atoms. The molecule has 1 rings (SSSR count). The summed E-state index contributed by atoms with van der Waals surface area (Å²) < 4.78 is 29.8. The lowest BCUT2D eigenvalue weighted by molar-refractivity contribution is -0.259. The van der Waals surface area contributed by atoms with Crippen LogP contribution in [-0.2, 0) is 14.6 Å². The van der Waals surface area contributed by atoms with Crippen molar-refractivity contribution >= 4 is 9.84 Å². The summed E-state index contributed by atoms with van der Waals surface area (Å²) >= 11 is 0. The Morgan fingerprint density at radius 2 is 1.75 bits per heavy atom. The summed E-state index contributed by atoms with van der Waals surface area (Å²) in [5.41, 5.74) is 0. The first kappa shape index (κ1) is 21.8. The fourth-order valence-electron chi connectivity index (χ4n) is 2.78. The van der Waals surface area contributed by atoms with Crippen LogP contribution in [0.1, 0.15) is 33.6 Å². The van der Waals surface area contributed by atoms with Crippen molar-refractivity contribution in [3.63, 3.8) is 0 Å². The van der Waals surface area contributed by atoms with E-state index in [1.165, 1.54) is 0 Å². The van der Waals surface area contributed by atoms with Gasteiger partial charge >= 0.3 is 0 Å². The monoisotopic (exact) mass is 367 g/mol. The van der Waals surface area contributed by atoms with Crippen LogP contribution in [0, 0.1) is 11.8 Å². The highest BCUT2D eigenvalue weighted by Gasteiger charge is 2.44. The standard InChI is InChI=1S/C16H33NO6S/c1-5-13-15(19)14(18)12(16(20)23-13)10-24(21,22)9-8-17(4)7-6-11(2)3/h11-16,18-20H,5-10H2,1-4H3. The molecule has 24 heavy (non-hydrogen) atoms. The Kier molecular flexibility index (Phi) is 8.58. The molecule has 7 nitrogen and oxygen atoms in total. The minimum absolute atomic E-state index is 0.0508. The first-order chi connectivity index (χ1) is 11.1. The molecule has 3 N–H and O–H groups in total. The summed E-state index contributed by atoms with van der Waals surface area (Å²) in [6.45, 7) is 7.21. The topological polar surface area (TPSA) is 107 Å². The van der Waals surface area contributed by atoms with Crippen LogP contribution in [0.15, 0.2) is 0 Å². The van der Waals surface area contributed by atoms with E-state index in [1.54, 1.807) is 6.92 Å². The van der Waals surface area contributed by atoms with Crippen LogP contribution >= 0.6 is 0 Å². The maximum absolute atomic E-state index is 12.3. The predicted molar refractivity (Wildman–Crippen MR) is 92.3 cm³/mol. The van der Waals surface area contributed by atoms with Crippen LogP contribution in [0.2, 0.25) is 0 Å². The summed E-state index contributed by atoms with van der Waals surface area (Å²) in [7, 11) is -1.61. The lowest BCUT2D eigenvalue weighted by Crippen LogP contribution is -2.56. The molecule has 0 amide bonds. The van der Waals surface area contributed by atoms with E-state index >= 15 is 0 Å². The highest BCUT2D eigenvalue weighted by atomic mass is 32.2. The lowest BCUT2D eigenvalue weighted by Gasteiger charge is -2.40. The molecular formula is C16H33NO6S. The molecular weight excluding hydrogens is 334 g/mol. The van der Waals surface area contributed by atoms with Gasteiger partial charge in [-0.15, -0.1) is 0 Å². The number of aliphatic hydroxyl groups excluding tert-OH is 3. The number of aliphatic hydroxyl groups is 3. The van der Waals surface area contributed by atoms with Gasteiger partial charge in [-0.3, -0.25) is 0 Å². The van der Waals surface area contributed by atoms with Crippen molar-refractivity contribution in [1.29, 1.82) is 0 Å². The average molecular weight is 368 g/mol. The third kappa shape index (κ3) is 6.57.